The first-order chi connectivity index (χ1) is 10.5. The summed E-state index contributed by atoms with van der Waals surface area (Å²) in [6.07, 6.45) is 0. The van der Waals surface area contributed by atoms with Crippen LogP contribution in [0.25, 0.3) is 11.0 Å². The number of nitrogens with zero attached hydrogens (tertiary/aromatic N) is 2. The highest BCUT2D eigenvalue weighted by Gasteiger charge is 2.16. The van der Waals surface area contributed by atoms with E-state index in [0.29, 0.717) is 5.52 Å². The Morgan fingerprint density at radius 1 is 1.27 bits per heavy atom. The van der Waals surface area contributed by atoms with Crippen molar-refractivity contribution in [2.75, 3.05) is 11.1 Å². The van der Waals surface area contributed by atoms with Gasteiger partial charge < -0.3 is 10.7 Å². The van der Waals surface area contributed by atoms with Crippen LogP contribution in [0.15, 0.2) is 42.5 Å². The van der Waals surface area contributed by atoms with E-state index < -0.39 is 10.8 Å². The zero-order valence-corrected chi connectivity index (χ0v) is 11.2. The van der Waals surface area contributed by atoms with E-state index in [1.165, 1.54) is 12.1 Å². The summed E-state index contributed by atoms with van der Waals surface area (Å²) in [5.41, 5.74) is 6.81. The molecule has 2 aromatic carbocycles. The van der Waals surface area contributed by atoms with E-state index in [2.05, 4.69) is 15.3 Å². The topological polar surface area (TPSA) is 127 Å². The fourth-order valence-corrected chi connectivity index (χ4v) is 2.03. The van der Waals surface area contributed by atoms with Crippen LogP contribution in [0.2, 0.25) is 0 Å². The number of amides is 1. The molecule has 4 N–H and O–H groups in total. The Hall–Kier alpha value is -3.42. The highest BCUT2D eigenvalue weighted by Crippen LogP contribution is 2.23. The largest absolute Gasteiger partial charge is 0.393 e. The number of nitro groups is 1. The number of nitro benzene ring substituents is 1. The van der Waals surface area contributed by atoms with Gasteiger partial charge in [-0.1, -0.05) is 12.1 Å². The number of hydrogen-bond acceptors (Lipinski definition) is 5. The number of nitrogens with one attached hydrogen (secondary N) is 2. The smallest absolute Gasteiger partial charge is 0.292 e. The van der Waals surface area contributed by atoms with E-state index in [1.54, 1.807) is 6.07 Å². The molecule has 0 saturated heterocycles. The normalized spacial score (nSPS) is 10.5. The average molecular weight is 297 g/mol. The predicted molar refractivity (Wildman–Crippen MR) is 81.6 cm³/mol. The van der Waals surface area contributed by atoms with Crippen LogP contribution >= 0.6 is 0 Å². The Balaban J connectivity index is 1.88. The summed E-state index contributed by atoms with van der Waals surface area (Å²) < 4.78 is 0. The number of fused-ring (bicyclic) bond motifs is 1. The third-order valence-electron chi connectivity index (χ3n) is 3.11. The van der Waals surface area contributed by atoms with Crippen molar-refractivity contribution >= 4 is 34.3 Å². The lowest BCUT2D eigenvalue weighted by atomic mass is 10.1. The molecule has 0 radical (unpaired) electrons. The van der Waals surface area contributed by atoms with Crippen molar-refractivity contribution in [3.8, 4) is 0 Å². The van der Waals surface area contributed by atoms with Crippen molar-refractivity contribution in [2.45, 2.75) is 0 Å². The maximum atomic E-state index is 12.1. The van der Waals surface area contributed by atoms with Crippen LogP contribution < -0.4 is 11.1 Å². The van der Waals surface area contributed by atoms with Gasteiger partial charge in [-0.25, -0.2) is 4.98 Å². The fourth-order valence-electron chi connectivity index (χ4n) is 2.03. The number of anilines is 2. The number of rotatable bonds is 3. The second-order valence-electron chi connectivity index (χ2n) is 4.59. The molecule has 0 spiro atoms. The number of H-pyrrole nitrogens is 1. The summed E-state index contributed by atoms with van der Waals surface area (Å²) in [5.74, 6) is -0.243. The molecule has 8 nitrogen and oxygen atoms in total. The molecule has 3 aromatic rings. The van der Waals surface area contributed by atoms with Crippen LogP contribution in [-0.4, -0.2) is 20.8 Å². The Bertz CT molecular complexity index is 854. The Labute approximate surface area is 124 Å². The minimum atomic E-state index is -0.632. The molecule has 110 valence electrons. The van der Waals surface area contributed by atoms with Crippen LogP contribution in [0.3, 0.4) is 0 Å². The standard InChI is InChI=1S/C14H11N5O3/c15-9-6-5-8(7-12(9)19(21)22)13(20)18-14-16-10-3-1-2-4-11(10)17-14/h1-7H,15H2,(H2,16,17,18,20). The molecule has 1 heterocycles. The van der Waals surface area contributed by atoms with Crippen molar-refractivity contribution in [1.29, 1.82) is 0 Å². The predicted octanol–water partition coefficient (Wildman–Crippen LogP) is 2.31. The second kappa shape index (κ2) is 5.17. The van der Waals surface area contributed by atoms with E-state index >= 15 is 0 Å². The molecular weight excluding hydrogens is 286 g/mol. The molecule has 22 heavy (non-hydrogen) atoms. The van der Waals surface area contributed by atoms with Gasteiger partial charge >= 0.3 is 0 Å². The number of nitrogens with two attached hydrogens (primary N) is 1. The summed E-state index contributed by atoms with van der Waals surface area (Å²) >= 11 is 0. The van der Waals surface area contributed by atoms with Gasteiger partial charge in [-0.15, -0.1) is 0 Å². The molecule has 0 saturated carbocycles. The van der Waals surface area contributed by atoms with E-state index in [1.807, 2.05) is 18.2 Å². The summed E-state index contributed by atoms with van der Waals surface area (Å²) in [4.78, 5) is 29.5. The molecule has 0 fully saturated rings. The molecule has 0 bridgehead atoms. The van der Waals surface area contributed by atoms with Crippen LogP contribution in [0, 0.1) is 10.1 Å². The van der Waals surface area contributed by atoms with Gasteiger partial charge in [0.2, 0.25) is 5.95 Å². The molecule has 1 amide bonds. The lowest BCUT2D eigenvalue weighted by Gasteiger charge is -2.03. The van der Waals surface area contributed by atoms with Crippen molar-refractivity contribution in [1.82, 2.24) is 9.97 Å². The van der Waals surface area contributed by atoms with Crippen molar-refractivity contribution in [3.63, 3.8) is 0 Å². The van der Waals surface area contributed by atoms with Gasteiger partial charge in [0.25, 0.3) is 11.6 Å². The zero-order valence-electron chi connectivity index (χ0n) is 11.2. The highest BCUT2D eigenvalue weighted by molar-refractivity contribution is 6.04. The first kappa shape index (κ1) is 13.6. The summed E-state index contributed by atoms with van der Waals surface area (Å²) in [6.45, 7) is 0. The van der Waals surface area contributed by atoms with Gasteiger partial charge in [0.05, 0.1) is 16.0 Å². The summed E-state index contributed by atoms with van der Waals surface area (Å²) in [6, 6.07) is 11.2. The molecule has 3 rings (SSSR count). The molecule has 1 aromatic heterocycles. The van der Waals surface area contributed by atoms with Gasteiger partial charge in [0.1, 0.15) is 5.69 Å². The van der Waals surface area contributed by atoms with Gasteiger partial charge in [0.15, 0.2) is 0 Å². The number of carbonyl (C=O) groups is 1. The van der Waals surface area contributed by atoms with Crippen molar-refractivity contribution in [3.05, 3.63) is 58.1 Å². The monoisotopic (exact) mass is 297 g/mol. The zero-order chi connectivity index (χ0) is 15.7. The SMILES string of the molecule is Nc1ccc(C(=O)Nc2nc3ccccc3[nH]2)cc1[N+](=O)[O-]. The van der Waals surface area contributed by atoms with E-state index in [0.717, 1.165) is 11.6 Å². The quantitative estimate of drug-likeness (QED) is 0.388. The Morgan fingerprint density at radius 3 is 2.77 bits per heavy atom. The summed E-state index contributed by atoms with van der Waals surface area (Å²) in [5, 5.41) is 13.4. The number of para-hydroxylation sites is 2. The van der Waals surface area contributed by atoms with E-state index in [4.69, 9.17) is 5.73 Å². The third-order valence-corrected chi connectivity index (χ3v) is 3.11. The minimum Gasteiger partial charge on any atom is -0.393 e. The molecule has 0 aliphatic carbocycles. The molecular formula is C14H11N5O3. The number of nitrogen functional groups attached to an aromatic ring is 1. The number of aromatic amines is 1. The minimum absolute atomic E-state index is 0.00490. The van der Waals surface area contributed by atoms with E-state index in [9.17, 15) is 14.9 Å². The number of aromatic nitrogens is 2. The van der Waals surface area contributed by atoms with Gasteiger partial charge in [0, 0.05) is 11.6 Å². The van der Waals surface area contributed by atoms with E-state index in [-0.39, 0.29) is 22.9 Å². The first-order valence-corrected chi connectivity index (χ1v) is 6.34. The maximum Gasteiger partial charge on any atom is 0.292 e. The molecule has 8 heteroatoms. The molecule has 0 unspecified atom stereocenters. The average Bonchev–Trinajstić information content (AvgIpc) is 2.89. The van der Waals surface area contributed by atoms with Gasteiger partial charge in [-0.2, -0.15) is 0 Å². The maximum absolute atomic E-state index is 12.1. The van der Waals surface area contributed by atoms with Crippen LogP contribution in [0.1, 0.15) is 10.4 Å². The molecule has 0 aliphatic heterocycles. The third kappa shape index (κ3) is 2.44. The summed E-state index contributed by atoms with van der Waals surface area (Å²) in [7, 11) is 0. The second-order valence-corrected chi connectivity index (χ2v) is 4.59. The van der Waals surface area contributed by atoms with Crippen molar-refractivity contribution in [2.24, 2.45) is 0 Å². The lowest BCUT2D eigenvalue weighted by Crippen LogP contribution is -2.13. The molecule has 0 aliphatic rings. The first-order valence-electron chi connectivity index (χ1n) is 6.34. The molecule has 0 atom stereocenters. The number of imidazole rings is 1. The van der Waals surface area contributed by atoms with Gasteiger partial charge in [-0.3, -0.25) is 20.2 Å². The number of benzene rings is 2. The van der Waals surface area contributed by atoms with Crippen LogP contribution in [0.5, 0.6) is 0 Å². The Morgan fingerprint density at radius 2 is 2.05 bits per heavy atom. The Kier molecular flexibility index (Phi) is 3.18. The highest BCUT2D eigenvalue weighted by atomic mass is 16.6. The van der Waals surface area contributed by atoms with Crippen LogP contribution in [-0.2, 0) is 0 Å². The lowest BCUT2D eigenvalue weighted by molar-refractivity contribution is -0.383. The van der Waals surface area contributed by atoms with Crippen molar-refractivity contribution < 1.29 is 9.72 Å². The number of hydrogen-bond donors (Lipinski definition) is 3. The van der Waals surface area contributed by atoms with Crippen LogP contribution in [0.4, 0.5) is 17.3 Å². The van der Waals surface area contributed by atoms with Gasteiger partial charge in [-0.05, 0) is 24.3 Å². The fraction of sp³-hybridized carbons (Fsp3) is 0. The number of carbonyl (C=O) groups excluding carboxylic acids is 1.